The second-order valence-corrected chi connectivity index (χ2v) is 10.3. The minimum absolute atomic E-state index is 0. The van der Waals surface area contributed by atoms with Gasteiger partial charge in [0.15, 0.2) is 12.6 Å². The fourth-order valence-corrected chi connectivity index (χ4v) is 4.73. The summed E-state index contributed by atoms with van der Waals surface area (Å²) in [6.07, 6.45) is -14.4. The van der Waals surface area contributed by atoms with Crippen molar-refractivity contribution in [2.45, 2.75) is 133 Å². The fourth-order valence-electron chi connectivity index (χ4n) is 3.65. The molecule has 0 radical (unpaired) electrons. The number of hydrogen-bond donors (Lipinski definition) is 14. The maximum Gasteiger partial charge on any atom is 0.403 e. The van der Waals surface area contributed by atoms with Crippen LogP contribution < -0.4 is 5.09 Å². The van der Waals surface area contributed by atoms with Gasteiger partial charge in [-0.15, -0.1) is 0 Å². The van der Waals surface area contributed by atoms with Crippen LogP contribution in [-0.2, 0) is 25.0 Å². The van der Waals surface area contributed by atoms with Gasteiger partial charge in [-0.05, 0) is 18.9 Å². The van der Waals surface area contributed by atoms with Gasteiger partial charge in [-0.3, -0.25) is 4.52 Å². The summed E-state index contributed by atoms with van der Waals surface area (Å²) in [7, 11) is -1.20. The lowest BCUT2D eigenvalue weighted by Gasteiger charge is -2.38. The molecule has 2 aliphatic rings. The van der Waals surface area contributed by atoms with Crippen LogP contribution in [-0.4, -0.2) is 168 Å². The molecule has 2 heterocycles. The Morgan fingerprint density at radius 2 is 1.02 bits per heavy atom. The molecule has 14 N–H and O–H groups in total. The van der Waals surface area contributed by atoms with Gasteiger partial charge >= 0.3 is 7.75 Å². The minimum Gasteiger partial charge on any atom is -0.400 e. The predicted octanol–water partition coefficient (Wildman–Crippen LogP) is -0.819. The summed E-state index contributed by atoms with van der Waals surface area (Å²) in [5.74, 6) is 0. The summed E-state index contributed by atoms with van der Waals surface area (Å²) in [6.45, 7) is 0.637. The Morgan fingerprint density at radius 3 is 1.40 bits per heavy atom. The van der Waals surface area contributed by atoms with Crippen LogP contribution in [0, 0.1) is 0 Å². The summed E-state index contributed by atoms with van der Waals surface area (Å²) in [4.78, 5) is 9.87. The normalized spacial score (nSPS) is 29.0. The van der Waals surface area contributed by atoms with Crippen molar-refractivity contribution in [3.63, 3.8) is 0 Å². The molecule has 0 spiro atoms. The topological polar surface area (TPSA) is 320 Å². The minimum atomic E-state index is -4.20. The third-order valence-electron chi connectivity index (χ3n) is 5.74. The Labute approximate surface area is 300 Å². The average molecular weight is 766 g/mol. The Balaban J connectivity index is -0.0000000831. The molecule has 19 heteroatoms. The lowest BCUT2D eigenvalue weighted by Crippen LogP contribution is -2.58. The zero-order valence-electron chi connectivity index (χ0n) is 24.3. The third-order valence-corrected chi connectivity index (χ3v) is 7.00. The van der Waals surface area contributed by atoms with E-state index in [2.05, 4.69) is 9.82 Å². The zero-order valence-corrected chi connectivity index (χ0v) is 25.1. The van der Waals surface area contributed by atoms with Crippen molar-refractivity contribution in [2.24, 2.45) is 0 Å². The van der Waals surface area contributed by atoms with Gasteiger partial charge in [0.1, 0.15) is 48.8 Å². The van der Waals surface area contributed by atoms with Gasteiger partial charge in [-0.1, -0.05) is 82.3 Å². The molecule has 2 fully saturated rings. The van der Waals surface area contributed by atoms with Crippen molar-refractivity contribution in [3.8, 4) is 0 Å². The Bertz CT molecular complexity index is 859. The number of nitrogens with one attached hydrogen (secondary N) is 1. The van der Waals surface area contributed by atoms with E-state index in [-0.39, 0.29) is 58.0 Å². The first-order valence-corrected chi connectivity index (χ1v) is 14.3. The van der Waals surface area contributed by atoms with Crippen molar-refractivity contribution in [1.29, 1.82) is 0 Å². The summed E-state index contributed by atoms with van der Waals surface area (Å²) in [5.41, 5.74) is 0.980. The van der Waals surface area contributed by atoms with Gasteiger partial charge in [0, 0.05) is 27.4 Å². The molecule has 12 atom stereocenters. The first kappa shape index (κ1) is 70.4. The van der Waals surface area contributed by atoms with Crippen molar-refractivity contribution in [3.05, 3.63) is 35.9 Å². The predicted molar refractivity (Wildman–Crippen MR) is 195 cm³/mol. The maximum absolute atomic E-state index is 12.1. The number of ether oxygens (including phenoxy) is 2. The molecule has 312 valence electrons. The highest BCUT2D eigenvalue weighted by molar-refractivity contribution is 7.50. The molecule has 0 aliphatic carbocycles. The van der Waals surface area contributed by atoms with Crippen LogP contribution in [0.25, 0.3) is 0 Å². The fraction of sp³-hybridized carbons (Fsp3) is 0.806. The average Bonchev–Trinajstić information content (AvgIpc) is 3.01. The highest BCUT2D eigenvalue weighted by atomic mass is 31.2. The SMILES string of the molecule is C.C.C.C.C.C.C.CC(Cc1ccccc1)NP(=O)(O)OCC1OC(O)C(O)C(O)C1O.CO.CO.CO.OCC1OC(O)C(O)C(O)C1O. The molecule has 2 aliphatic heterocycles. The van der Waals surface area contributed by atoms with Crippen LogP contribution in [0.5, 0.6) is 0 Å². The van der Waals surface area contributed by atoms with E-state index in [1.807, 2.05) is 30.3 Å². The van der Waals surface area contributed by atoms with Crippen LogP contribution in [0.15, 0.2) is 30.3 Å². The van der Waals surface area contributed by atoms with Gasteiger partial charge in [0.25, 0.3) is 0 Å². The number of aliphatic hydroxyl groups excluding tert-OH is 12. The smallest absolute Gasteiger partial charge is 0.400 e. The van der Waals surface area contributed by atoms with Crippen LogP contribution in [0.1, 0.15) is 64.5 Å². The Hall–Kier alpha value is -1.23. The first-order chi connectivity index (χ1) is 20.3. The molecule has 0 bridgehead atoms. The number of benzene rings is 1. The van der Waals surface area contributed by atoms with Crippen LogP contribution >= 0.6 is 7.75 Å². The maximum atomic E-state index is 12.1. The van der Waals surface area contributed by atoms with E-state index in [4.69, 9.17) is 50.1 Å². The van der Waals surface area contributed by atoms with Gasteiger partial charge in [-0.25, -0.2) is 9.65 Å². The van der Waals surface area contributed by atoms with Crippen molar-refractivity contribution in [2.75, 3.05) is 34.5 Å². The summed E-state index contributed by atoms with van der Waals surface area (Å²) >= 11 is 0. The number of rotatable bonds is 8. The zero-order chi connectivity index (χ0) is 33.9. The van der Waals surface area contributed by atoms with Gasteiger partial charge in [0.05, 0.1) is 13.2 Å². The summed E-state index contributed by atoms with van der Waals surface area (Å²) in [6, 6.07) is 9.02. The quantitative estimate of drug-likeness (QED) is 0.144. The monoisotopic (exact) mass is 765 g/mol. The molecule has 1 aromatic rings. The van der Waals surface area contributed by atoms with Crippen molar-refractivity contribution in [1.82, 2.24) is 5.09 Å². The molecular formula is C31H76NO17P. The molecule has 12 unspecified atom stereocenters. The van der Waals surface area contributed by atoms with Crippen molar-refractivity contribution >= 4 is 7.75 Å². The van der Waals surface area contributed by atoms with E-state index >= 15 is 0 Å². The molecule has 18 nitrogen and oxygen atoms in total. The summed E-state index contributed by atoms with van der Waals surface area (Å²) < 4.78 is 26.5. The summed E-state index contributed by atoms with van der Waals surface area (Å²) in [5, 5.41) is 106. The van der Waals surface area contributed by atoms with E-state index < -0.39 is 82.4 Å². The standard InChI is InChI=1S/C15H24NO8P.C6H12O6.3CH4O.7CH4/c1-9(7-10-5-3-2-4-6-10)16-25(21,22)23-8-11-12(17)13(18)14(19)15(20)24-11;7-1-2-3(8)4(9)5(10)6(11)12-2;3*1-2;;;;;;;/h2-6,9,11-15,17-20H,7-8H2,1H3,(H2,16,21,22);2-11H,1H2;3*2H,1H3;7*1H4. The molecule has 2 saturated heterocycles. The highest BCUT2D eigenvalue weighted by Crippen LogP contribution is 2.38. The second kappa shape index (κ2) is 37.5. The van der Waals surface area contributed by atoms with E-state index in [9.17, 15) is 29.9 Å². The van der Waals surface area contributed by atoms with E-state index in [1.54, 1.807) is 6.92 Å². The van der Waals surface area contributed by atoms with Crippen LogP contribution in [0.3, 0.4) is 0 Å². The number of aliphatic hydroxyl groups is 12. The second-order valence-electron chi connectivity index (χ2n) is 8.79. The lowest BCUT2D eigenvalue weighted by atomic mass is 10.00. The third kappa shape index (κ3) is 24.1. The van der Waals surface area contributed by atoms with E-state index in [0.717, 1.165) is 26.9 Å². The van der Waals surface area contributed by atoms with Crippen LogP contribution in [0.2, 0.25) is 0 Å². The molecular weight excluding hydrogens is 689 g/mol. The van der Waals surface area contributed by atoms with Crippen LogP contribution in [0.4, 0.5) is 0 Å². The highest BCUT2D eigenvalue weighted by Gasteiger charge is 2.44. The van der Waals surface area contributed by atoms with Gasteiger partial charge < -0.3 is 75.6 Å². The molecule has 3 rings (SSSR count). The largest absolute Gasteiger partial charge is 0.403 e. The van der Waals surface area contributed by atoms with Gasteiger partial charge in [0.2, 0.25) is 0 Å². The van der Waals surface area contributed by atoms with E-state index in [0.29, 0.717) is 6.42 Å². The molecule has 0 amide bonds. The van der Waals surface area contributed by atoms with Crippen molar-refractivity contribution < 1.29 is 84.7 Å². The lowest BCUT2D eigenvalue weighted by molar-refractivity contribution is -0.286. The molecule has 0 aromatic heterocycles. The molecule has 0 saturated carbocycles. The van der Waals surface area contributed by atoms with Gasteiger partial charge in [-0.2, -0.15) is 0 Å². The first-order valence-electron chi connectivity index (χ1n) is 12.8. The Kier molecular flexibility index (Phi) is 52.8. The van der Waals surface area contributed by atoms with E-state index in [1.165, 1.54) is 0 Å². The Morgan fingerprint density at radius 1 is 0.660 bits per heavy atom. The molecule has 50 heavy (non-hydrogen) atoms. The molecule has 1 aromatic carbocycles. The number of hydrogen-bond acceptors (Lipinski definition) is 16.